The number of hydrogen-bond acceptors (Lipinski definition) is 4. The number of carbonyl (C=O) groups excluding carboxylic acids is 2. The second-order valence-corrected chi connectivity index (χ2v) is 3.44. The van der Waals surface area contributed by atoms with Crippen LogP contribution in [0.4, 0.5) is 0 Å². The summed E-state index contributed by atoms with van der Waals surface area (Å²) in [6, 6.07) is 3.23. The molecule has 0 amide bonds. The number of pyridine rings is 1. The molecular weight excluding hydrogens is 194 g/mol. The third-order valence-electron chi connectivity index (χ3n) is 1.89. The van der Waals surface area contributed by atoms with Crippen LogP contribution in [0, 0.1) is 5.92 Å². The SMILES string of the molecule is CC(C)C(=O)COC(=O)c1cccnc1. The molecule has 0 N–H and O–H groups in total. The Kier molecular flexibility index (Phi) is 3.97. The molecule has 1 rings (SSSR count). The minimum Gasteiger partial charge on any atom is -0.454 e. The lowest BCUT2D eigenvalue weighted by Gasteiger charge is -2.05. The molecule has 15 heavy (non-hydrogen) atoms. The van der Waals surface area contributed by atoms with Gasteiger partial charge in [-0.05, 0) is 12.1 Å². The molecule has 0 aliphatic heterocycles. The molecule has 1 heterocycles. The fourth-order valence-corrected chi connectivity index (χ4v) is 0.870. The Bertz CT molecular complexity index is 346. The Morgan fingerprint density at radius 2 is 2.20 bits per heavy atom. The van der Waals surface area contributed by atoms with E-state index in [1.54, 1.807) is 32.2 Å². The van der Waals surface area contributed by atoms with Gasteiger partial charge in [0.1, 0.15) is 0 Å². The summed E-state index contributed by atoms with van der Waals surface area (Å²) < 4.78 is 4.82. The third kappa shape index (κ3) is 3.50. The summed E-state index contributed by atoms with van der Waals surface area (Å²) in [4.78, 5) is 26.3. The first kappa shape index (κ1) is 11.4. The van der Waals surface area contributed by atoms with Crippen molar-refractivity contribution in [3.05, 3.63) is 30.1 Å². The molecule has 1 aromatic rings. The molecule has 0 saturated heterocycles. The van der Waals surface area contributed by atoms with Gasteiger partial charge in [0.15, 0.2) is 12.4 Å². The van der Waals surface area contributed by atoms with Crippen LogP contribution in [0.2, 0.25) is 0 Å². The van der Waals surface area contributed by atoms with E-state index in [1.165, 1.54) is 6.20 Å². The van der Waals surface area contributed by atoms with E-state index in [2.05, 4.69) is 4.98 Å². The van der Waals surface area contributed by atoms with Gasteiger partial charge < -0.3 is 4.74 Å². The van der Waals surface area contributed by atoms with Crippen LogP contribution in [0.25, 0.3) is 0 Å². The van der Waals surface area contributed by atoms with Crippen molar-refractivity contribution < 1.29 is 14.3 Å². The minimum atomic E-state index is -0.517. The normalized spacial score (nSPS) is 10.1. The predicted octanol–water partition coefficient (Wildman–Crippen LogP) is 1.46. The molecule has 1 aromatic heterocycles. The monoisotopic (exact) mass is 207 g/mol. The maximum atomic E-state index is 11.4. The Balaban J connectivity index is 2.48. The van der Waals surface area contributed by atoms with E-state index in [-0.39, 0.29) is 18.3 Å². The van der Waals surface area contributed by atoms with Gasteiger partial charge in [-0.25, -0.2) is 4.79 Å². The van der Waals surface area contributed by atoms with Gasteiger partial charge in [-0.2, -0.15) is 0 Å². The number of Topliss-reactive ketones (excluding diaryl/α,β-unsaturated/α-hetero) is 1. The quantitative estimate of drug-likeness (QED) is 0.701. The average molecular weight is 207 g/mol. The van der Waals surface area contributed by atoms with Crippen molar-refractivity contribution in [2.24, 2.45) is 5.92 Å². The van der Waals surface area contributed by atoms with Crippen LogP contribution in [0.15, 0.2) is 24.5 Å². The lowest BCUT2D eigenvalue weighted by atomic mass is 10.1. The highest BCUT2D eigenvalue weighted by Crippen LogP contribution is 2.00. The zero-order valence-corrected chi connectivity index (χ0v) is 8.77. The Hall–Kier alpha value is -1.71. The zero-order valence-electron chi connectivity index (χ0n) is 8.77. The minimum absolute atomic E-state index is 0.0905. The van der Waals surface area contributed by atoms with Crippen molar-refractivity contribution in [2.75, 3.05) is 6.61 Å². The molecule has 0 atom stereocenters. The molecule has 0 radical (unpaired) electrons. The van der Waals surface area contributed by atoms with Gasteiger partial charge in [0, 0.05) is 18.3 Å². The first-order chi connectivity index (χ1) is 7.11. The Labute approximate surface area is 88.3 Å². The maximum absolute atomic E-state index is 11.4. The predicted molar refractivity (Wildman–Crippen MR) is 54.4 cm³/mol. The van der Waals surface area contributed by atoms with Gasteiger partial charge in [0.2, 0.25) is 0 Å². The molecule has 4 heteroatoms. The Morgan fingerprint density at radius 1 is 1.47 bits per heavy atom. The van der Waals surface area contributed by atoms with Crippen LogP contribution in [-0.2, 0) is 9.53 Å². The smallest absolute Gasteiger partial charge is 0.340 e. The first-order valence-electron chi connectivity index (χ1n) is 4.71. The Morgan fingerprint density at radius 3 is 2.73 bits per heavy atom. The van der Waals surface area contributed by atoms with E-state index in [0.717, 1.165) is 0 Å². The van der Waals surface area contributed by atoms with E-state index in [4.69, 9.17) is 4.74 Å². The second-order valence-electron chi connectivity index (χ2n) is 3.44. The molecule has 0 aliphatic rings. The topological polar surface area (TPSA) is 56.3 Å². The molecular formula is C11H13NO3. The molecule has 0 fully saturated rings. The number of ketones is 1. The van der Waals surface area contributed by atoms with Gasteiger partial charge in [-0.15, -0.1) is 0 Å². The first-order valence-corrected chi connectivity index (χ1v) is 4.71. The van der Waals surface area contributed by atoms with Crippen molar-refractivity contribution in [1.29, 1.82) is 0 Å². The average Bonchev–Trinajstić information content (AvgIpc) is 2.26. The highest BCUT2D eigenvalue weighted by atomic mass is 16.5. The fourth-order valence-electron chi connectivity index (χ4n) is 0.870. The molecule has 80 valence electrons. The van der Waals surface area contributed by atoms with E-state index in [0.29, 0.717) is 5.56 Å². The summed E-state index contributed by atoms with van der Waals surface area (Å²) in [7, 11) is 0. The van der Waals surface area contributed by atoms with E-state index in [1.807, 2.05) is 0 Å². The number of carbonyl (C=O) groups is 2. The summed E-state index contributed by atoms with van der Waals surface area (Å²) in [5, 5.41) is 0. The molecule has 0 bridgehead atoms. The second kappa shape index (κ2) is 5.24. The number of ether oxygens (including phenoxy) is 1. The molecule has 0 saturated carbocycles. The van der Waals surface area contributed by atoms with Crippen molar-refractivity contribution in [3.8, 4) is 0 Å². The lowest BCUT2D eigenvalue weighted by Crippen LogP contribution is -2.18. The standard InChI is InChI=1S/C11H13NO3/c1-8(2)10(13)7-15-11(14)9-4-3-5-12-6-9/h3-6,8H,7H2,1-2H3. The van der Waals surface area contributed by atoms with Crippen LogP contribution < -0.4 is 0 Å². The number of aromatic nitrogens is 1. The van der Waals surface area contributed by atoms with Gasteiger partial charge in [0.05, 0.1) is 5.56 Å². The molecule has 0 aliphatic carbocycles. The van der Waals surface area contributed by atoms with Crippen LogP contribution in [0.1, 0.15) is 24.2 Å². The number of esters is 1. The van der Waals surface area contributed by atoms with Crippen LogP contribution >= 0.6 is 0 Å². The lowest BCUT2D eigenvalue weighted by molar-refractivity contribution is -0.125. The van der Waals surface area contributed by atoms with Crippen LogP contribution in [0.5, 0.6) is 0 Å². The van der Waals surface area contributed by atoms with Crippen LogP contribution in [-0.4, -0.2) is 23.3 Å². The van der Waals surface area contributed by atoms with E-state index in [9.17, 15) is 9.59 Å². The largest absolute Gasteiger partial charge is 0.454 e. The van der Waals surface area contributed by atoms with Gasteiger partial charge in [0.25, 0.3) is 0 Å². The molecule has 4 nitrogen and oxygen atoms in total. The van der Waals surface area contributed by atoms with Crippen molar-refractivity contribution >= 4 is 11.8 Å². The van der Waals surface area contributed by atoms with Gasteiger partial charge in [-0.3, -0.25) is 9.78 Å². The number of rotatable bonds is 4. The highest BCUT2D eigenvalue weighted by molar-refractivity contribution is 5.91. The summed E-state index contributed by atoms with van der Waals surface area (Å²) >= 11 is 0. The van der Waals surface area contributed by atoms with E-state index < -0.39 is 5.97 Å². The van der Waals surface area contributed by atoms with Gasteiger partial charge in [-0.1, -0.05) is 13.8 Å². The molecule has 0 aromatic carbocycles. The van der Waals surface area contributed by atoms with Crippen molar-refractivity contribution in [1.82, 2.24) is 4.98 Å². The third-order valence-corrected chi connectivity index (χ3v) is 1.89. The fraction of sp³-hybridized carbons (Fsp3) is 0.364. The van der Waals surface area contributed by atoms with Gasteiger partial charge >= 0.3 is 5.97 Å². The summed E-state index contributed by atoms with van der Waals surface area (Å²) in [5.41, 5.74) is 0.356. The van der Waals surface area contributed by atoms with Crippen molar-refractivity contribution in [2.45, 2.75) is 13.8 Å². The summed E-state index contributed by atoms with van der Waals surface area (Å²) in [6.45, 7) is 3.35. The van der Waals surface area contributed by atoms with Crippen molar-refractivity contribution in [3.63, 3.8) is 0 Å². The molecule has 0 spiro atoms. The zero-order chi connectivity index (χ0) is 11.3. The highest BCUT2D eigenvalue weighted by Gasteiger charge is 2.12. The maximum Gasteiger partial charge on any atom is 0.340 e. The number of nitrogens with zero attached hydrogens (tertiary/aromatic N) is 1. The number of hydrogen-bond donors (Lipinski definition) is 0. The summed E-state index contributed by atoms with van der Waals surface area (Å²) in [5.74, 6) is -0.726. The van der Waals surface area contributed by atoms with E-state index >= 15 is 0 Å². The van der Waals surface area contributed by atoms with Crippen LogP contribution in [0.3, 0.4) is 0 Å². The molecule has 0 unspecified atom stereocenters. The summed E-state index contributed by atoms with van der Waals surface area (Å²) in [6.07, 6.45) is 2.97.